The molecule has 2 aromatic carbocycles. The van der Waals surface area contributed by atoms with E-state index in [1.54, 1.807) is 57.3 Å². The summed E-state index contributed by atoms with van der Waals surface area (Å²) in [5, 5.41) is 18.1. The summed E-state index contributed by atoms with van der Waals surface area (Å²) in [6.07, 6.45) is 1.60. The smallest absolute Gasteiger partial charge is 0.408 e. The highest BCUT2D eigenvalue weighted by Crippen LogP contribution is 2.21. The Balaban J connectivity index is 1.87. The van der Waals surface area contributed by atoms with E-state index in [0.717, 1.165) is 16.5 Å². The van der Waals surface area contributed by atoms with Crippen molar-refractivity contribution in [2.24, 2.45) is 5.73 Å². The van der Waals surface area contributed by atoms with Crippen LogP contribution in [0.1, 0.15) is 64.5 Å². The molecule has 1 aromatic heterocycles. The van der Waals surface area contributed by atoms with Gasteiger partial charge in [-0.2, -0.15) is 0 Å². The number of aliphatic carboxylic acids is 1. The molecule has 1 heterocycles. The molecule has 14 heteroatoms. The Morgan fingerprint density at radius 3 is 2.14 bits per heavy atom. The topological polar surface area (TPSA) is 213 Å². The Morgan fingerprint density at radius 1 is 0.880 bits per heavy atom. The summed E-state index contributed by atoms with van der Waals surface area (Å²) in [4.78, 5) is 82.6. The number of primary amides is 1. The number of nitrogens with two attached hydrogens (primary N) is 1. The first-order valence-electron chi connectivity index (χ1n) is 16.6. The number of unbranched alkanes of at least 4 members (excludes halogenated alkanes) is 1. The number of carbonyl (C=O) groups excluding carboxylic acids is 5. The Labute approximate surface area is 291 Å². The van der Waals surface area contributed by atoms with E-state index in [1.165, 1.54) is 11.9 Å². The maximum absolute atomic E-state index is 14.1. The largest absolute Gasteiger partial charge is 0.481 e. The van der Waals surface area contributed by atoms with Gasteiger partial charge in [0.1, 0.15) is 29.8 Å². The first-order valence-corrected chi connectivity index (χ1v) is 16.6. The SMILES string of the molecule is CCCC[C@@H](C(=O)N[C@@H](CC(=O)O)C(=O)N[C@@H](Cc1ccccc1)C(N)=O)N(C)C(=O)[C@H](Cc1c[nH]c2ccccc12)NC(=O)OC(C)(C)C. The highest BCUT2D eigenvalue weighted by Gasteiger charge is 2.36. The summed E-state index contributed by atoms with van der Waals surface area (Å²) in [6, 6.07) is 11.2. The van der Waals surface area contributed by atoms with Crippen LogP contribution in [0.15, 0.2) is 60.8 Å². The predicted octanol–water partition coefficient (Wildman–Crippen LogP) is 2.79. The number of carboxylic acids is 1. The van der Waals surface area contributed by atoms with Crippen molar-refractivity contribution >= 4 is 46.6 Å². The van der Waals surface area contributed by atoms with Gasteiger partial charge in [-0.25, -0.2) is 4.79 Å². The quantitative estimate of drug-likeness (QED) is 0.123. The van der Waals surface area contributed by atoms with E-state index in [2.05, 4.69) is 20.9 Å². The average Bonchev–Trinajstić information content (AvgIpc) is 3.45. The van der Waals surface area contributed by atoms with Gasteiger partial charge in [0.05, 0.1) is 6.42 Å². The van der Waals surface area contributed by atoms with Crippen LogP contribution in [-0.4, -0.2) is 87.5 Å². The van der Waals surface area contributed by atoms with Crippen molar-refractivity contribution < 1.29 is 38.6 Å². The number of carbonyl (C=O) groups is 6. The number of aromatic nitrogens is 1. The fourth-order valence-electron chi connectivity index (χ4n) is 5.46. The van der Waals surface area contributed by atoms with Crippen LogP contribution in [0.5, 0.6) is 0 Å². The van der Waals surface area contributed by atoms with Gasteiger partial charge >= 0.3 is 12.1 Å². The average molecular weight is 693 g/mol. The summed E-state index contributed by atoms with van der Waals surface area (Å²) < 4.78 is 5.44. The second-order valence-corrected chi connectivity index (χ2v) is 13.2. The number of rotatable bonds is 17. The Morgan fingerprint density at radius 2 is 1.52 bits per heavy atom. The molecule has 0 radical (unpaired) electrons. The van der Waals surface area contributed by atoms with E-state index in [4.69, 9.17) is 10.5 Å². The lowest BCUT2D eigenvalue weighted by Gasteiger charge is -2.32. The fraction of sp³-hybridized carbons (Fsp3) is 0.444. The molecule has 270 valence electrons. The monoisotopic (exact) mass is 692 g/mol. The third-order valence-corrected chi connectivity index (χ3v) is 7.99. The number of benzene rings is 2. The van der Waals surface area contributed by atoms with Crippen molar-refractivity contribution in [3.63, 3.8) is 0 Å². The number of fused-ring (bicyclic) bond motifs is 1. The van der Waals surface area contributed by atoms with Crippen molar-refractivity contribution in [3.05, 3.63) is 71.9 Å². The lowest BCUT2D eigenvalue weighted by molar-refractivity contribution is -0.144. The molecular formula is C36H48N6O8. The van der Waals surface area contributed by atoms with Gasteiger partial charge in [0.2, 0.25) is 23.6 Å². The van der Waals surface area contributed by atoms with Crippen LogP contribution >= 0.6 is 0 Å². The number of para-hydroxylation sites is 1. The highest BCUT2D eigenvalue weighted by molar-refractivity contribution is 5.96. The minimum absolute atomic E-state index is 0.0501. The fourth-order valence-corrected chi connectivity index (χ4v) is 5.46. The Bertz CT molecular complexity index is 1650. The molecule has 50 heavy (non-hydrogen) atoms. The first-order chi connectivity index (χ1) is 23.6. The zero-order valence-electron chi connectivity index (χ0n) is 29.2. The second-order valence-electron chi connectivity index (χ2n) is 13.2. The van der Waals surface area contributed by atoms with Gasteiger partial charge in [0.25, 0.3) is 0 Å². The van der Waals surface area contributed by atoms with E-state index >= 15 is 0 Å². The number of ether oxygens (including phenoxy) is 1. The molecule has 3 aromatic rings. The van der Waals surface area contributed by atoms with Crippen LogP contribution in [0.4, 0.5) is 4.79 Å². The van der Waals surface area contributed by atoms with Gasteiger partial charge in [-0.15, -0.1) is 0 Å². The van der Waals surface area contributed by atoms with E-state index in [0.29, 0.717) is 18.4 Å². The van der Waals surface area contributed by atoms with Crippen molar-refractivity contribution in [3.8, 4) is 0 Å². The van der Waals surface area contributed by atoms with Crippen LogP contribution in [0, 0.1) is 0 Å². The number of hydrogen-bond acceptors (Lipinski definition) is 7. The lowest BCUT2D eigenvalue weighted by Crippen LogP contribution is -2.59. The minimum atomic E-state index is -1.59. The van der Waals surface area contributed by atoms with Gasteiger partial charge in [0, 0.05) is 37.0 Å². The molecule has 0 spiro atoms. The molecule has 0 saturated heterocycles. The number of amides is 5. The zero-order chi connectivity index (χ0) is 37.0. The molecule has 0 unspecified atom stereocenters. The van der Waals surface area contributed by atoms with Crippen LogP contribution < -0.4 is 21.7 Å². The molecule has 5 amide bonds. The number of aromatic amines is 1. The normalized spacial score (nSPS) is 13.7. The molecular weight excluding hydrogens is 644 g/mol. The van der Waals surface area contributed by atoms with Gasteiger partial charge in [0.15, 0.2) is 0 Å². The molecule has 4 atom stereocenters. The molecule has 0 aliphatic carbocycles. The highest BCUT2D eigenvalue weighted by atomic mass is 16.6. The van der Waals surface area contributed by atoms with Gasteiger partial charge < -0.3 is 41.4 Å². The summed E-state index contributed by atoms with van der Waals surface area (Å²) in [6.45, 7) is 6.98. The number of H-pyrrole nitrogens is 1. The molecule has 0 fully saturated rings. The molecule has 0 aliphatic heterocycles. The molecule has 14 nitrogen and oxygen atoms in total. The number of alkyl carbamates (subject to hydrolysis) is 1. The van der Waals surface area contributed by atoms with E-state index in [1.807, 2.05) is 31.2 Å². The number of nitrogens with zero attached hydrogens (tertiary/aromatic N) is 1. The summed E-state index contributed by atoms with van der Waals surface area (Å²) in [5.74, 6) is -4.52. The minimum Gasteiger partial charge on any atom is -0.481 e. The predicted molar refractivity (Wildman–Crippen MR) is 187 cm³/mol. The molecule has 3 rings (SSSR count). The molecule has 0 aliphatic rings. The summed E-state index contributed by atoms with van der Waals surface area (Å²) in [5.41, 5.74) is 6.99. The third kappa shape index (κ3) is 11.6. The van der Waals surface area contributed by atoms with Crippen molar-refractivity contribution in [1.29, 1.82) is 0 Å². The maximum atomic E-state index is 14.1. The summed E-state index contributed by atoms with van der Waals surface area (Å²) >= 11 is 0. The molecule has 0 bridgehead atoms. The van der Waals surface area contributed by atoms with Crippen LogP contribution in [0.2, 0.25) is 0 Å². The molecule has 7 N–H and O–H groups in total. The number of nitrogens with one attached hydrogen (secondary N) is 4. The first kappa shape index (κ1) is 39.0. The number of hydrogen-bond donors (Lipinski definition) is 6. The lowest BCUT2D eigenvalue weighted by atomic mass is 10.0. The maximum Gasteiger partial charge on any atom is 0.408 e. The Hall–Kier alpha value is -5.40. The van der Waals surface area contributed by atoms with E-state index in [-0.39, 0.29) is 19.3 Å². The van der Waals surface area contributed by atoms with Crippen LogP contribution in [0.25, 0.3) is 10.9 Å². The van der Waals surface area contributed by atoms with Crippen molar-refractivity contribution in [1.82, 2.24) is 25.8 Å². The number of likely N-dealkylation sites (N-methyl/N-ethyl adjacent to an activating group) is 1. The Kier molecular flexibility index (Phi) is 13.9. The van der Waals surface area contributed by atoms with E-state index in [9.17, 15) is 33.9 Å². The van der Waals surface area contributed by atoms with Gasteiger partial charge in [-0.3, -0.25) is 24.0 Å². The zero-order valence-corrected chi connectivity index (χ0v) is 29.2. The number of carboxylic acid groups (broad SMARTS) is 1. The van der Waals surface area contributed by atoms with Crippen molar-refractivity contribution in [2.75, 3.05) is 7.05 Å². The summed E-state index contributed by atoms with van der Waals surface area (Å²) in [7, 11) is 1.41. The van der Waals surface area contributed by atoms with Gasteiger partial charge in [-0.1, -0.05) is 68.3 Å². The van der Waals surface area contributed by atoms with Gasteiger partial charge in [-0.05, 0) is 44.4 Å². The third-order valence-electron chi connectivity index (χ3n) is 7.99. The van der Waals surface area contributed by atoms with Crippen molar-refractivity contribution in [2.45, 2.75) is 96.0 Å². The molecule has 0 saturated carbocycles. The standard InChI is InChI=1S/C36H48N6O8/c1-6-7-17-29(33(47)40-27(20-30(43)44)32(46)39-26(31(37)45)18-22-13-9-8-10-14-22)42(5)34(48)28(41-35(49)50-36(2,3)4)19-23-21-38-25-16-12-11-15-24(23)25/h8-16,21,26-29,38H,6-7,17-20H2,1-5H3,(H2,37,45)(H,39,46)(H,40,47)(H,41,49)(H,43,44)/t26-,27-,28-,29-/m0/s1. The van der Waals surface area contributed by atoms with Crippen LogP contribution in [0.3, 0.4) is 0 Å². The second kappa shape index (κ2) is 17.8. The van der Waals surface area contributed by atoms with E-state index < -0.39 is 71.9 Å². The van der Waals surface area contributed by atoms with Crippen LogP contribution in [-0.2, 0) is 41.6 Å².